The van der Waals surface area contributed by atoms with Crippen molar-refractivity contribution in [3.8, 4) is 0 Å². The van der Waals surface area contributed by atoms with Gasteiger partial charge < -0.3 is 15.8 Å². The van der Waals surface area contributed by atoms with Crippen molar-refractivity contribution in [3.63, 3.8) is 0 Å². The lowest BCUT2D eigenvalue weighted by atomic mass is 10.1. The Morgan fingerprint density at radius 2 is 2.29 bits per heavy atom. The third-order valence-corrected chi connectivity index (χ3v) is 4.80. The van der Waals surface area contributed by atoms with Gasteiger partial charge in [0, 0.05) is 26.2 Å². The summed E-state index contributed by atoms with van der Waals surface area (Å²) < 4.78 is 5.58. The third-order valence-electron chi connectivity index (χ3n) is 4.16. The lowest BCUT2D eigenvalue weighted by Gasteiger charge is -2.31. The number of nitrogens with zero attached hydrogens (tertiary/aromatic N) is 1. The molecule has 0 aliphatic carbocycles. The molecule has 1 aromatic carbocycles. The molecular formula is C18H29N3O2S. The SMILES string of the molecule is CSCC[C@H](N)C(=O)NCc1cccc(CN2CCOC(C)C2)c1. The number of thioether (sulfide) groups is 1. The number of amides is 1. The molecule has 0 saturated carbocycles. The van der Waals surface area contributed by atoms with Gasteiger partial charge in [0.1, 0.15) is 0 Å². The number of hydrogen-bond acceptors (Lipinski definition) is 5. The Kier molecular flexibility index (Phi) is 8.05. The molecule has 5 nitrogen and oxygen atoms in total. The first kappa shape index (κ1) is 19.2. The molecule has 0 bridgehead atoms. The average Bonchev–Trinajstić information content (AvgIpc) is 2.58. The quantitative estimate of drug-likeness (QED) is 0.745. The summed E-state index contributed by atoms with van der Waals surface area (Å²) >= 11 is 1.71. The van der Waals surface area contributed by atoms with Gasteiger partial charge in [-0.15, -0.1) is 0 Å². The predicted octanol–water partition coefficient (Wildman–Crippen LogP) is 1.60. The van der Waals surface area contributed by atoms with E-state index in [9.17, 15) is 4.79 Å². The summed E-state index contributed by atoms with van der Waals surface area (Å²) in [6.45, 7) is 6.28. The van der Waals surface area contributed by atoms with Gasteiger partial charge >= 0.3 is 0 Å². The highest BCUT2D eigenvalue weighted by Crippen LogP contribution is 2.12. The highest BCUT2D eigenvalue weighted by Gasteiger charge is 2.17. The average molecular weight is 352 g/mol. The molecule has 1 aromatic rings. The lowest BCUT2D eigenvalue weighted by Crippen LogP contribution is -2.40. The Hall–Kier alpha value is -1.08. The zero-order valence-corrected chi connectivity index (χ0v) is 15.5. The number of nitrogens with two attached hydrogens (primary N) is 1. The Labute approximate surface area is 149 Å². The molecule has 0 radical (unpaired) electrons. The summed E-state index contributed by atoms with van der Waals surface area (Å²) in [7, 11) is 0. The predicted molar refractivity (Wildman–Crippen MR) is 100.0 cm³/mol. The molecule has 2 rings (SSSR count). The molecule has 0 spiro atoms. The van der Waals surface area contributed by atoms with Gasteiger partial charge in [0.2, 0.25) is 5.91 Å². The van der Waals surface area contributed by atoms with Crippen molar-refractivity contribution in [2.75, 3.05) is 31.7 Å². The summed E-state index contributed by atoms with van der Waals surface area (Å²) in [6, 6.07) is 7.97. The second-order valence-electron chi connectivity index (χ2n) is 6.34. The molecule has 1 saturated heterocycles. The van der Waals surface area contributed by atoms with Gasteiger partial charge in [-0.3, -0.25) is 9.69 Å². The molecule has 1 aliphatic heterocycles. The number of nitrogens with one attached hydrogen (secondary N) is 1. The molecule has 6 heteroatoms. The second-order valence-corrected chi connectivity index (χ2v) is 7.33. The normalized spacial score (nSPS) is 19.9. The minimum absolute atomic E-state index is 0.0727. The van der Waals surface area contributed by atoms with Crippen LogP contribution in [0.25, 0.3) is 0 Å². The van der Waals surface area contributed by atoms with Crippen LogP contribution in [0.1, 0.15) is 24.5 Å². The van der Waals surface area contributed by atoms with Crippen molar-refractivity contribution < 1.29 is 9.53 Å². The zero-order chi connectivity index (χ0) is 17.4. The van der Waals surface area contributed by atoms with Crippen molar-refractivity contribution in [1.29, 1.82) is 0 Å². The highest BCUT2D eigenvalue weighted by molar-refractivity contribution is 7.98. The van der Waals surface area contributed by atoms with Crippen LogP contribution in [-0.2, 0) is 22.6 Å². The van der Waals surface area contributed by atoms with Gasteiger partial charge in [0.05, 0.1) is 18.8 Å². The zero-order valence-electron chi connectivity index (χ0n) is 14.7. The maximum absolute atomic E-state index is 12.0. The maximum Gasteiger partial charge on any atom is 0.237 e. The van der Waals surface area contributed by atoms with E-state index in [0.717, 1.165) is 37.6 Å². The van der Waals surface area contributed by atoms with Gasteiger partial charge in [-0.05, 0) is 36.5 Å². The van der Waals surface area contributed by atoms with E-state index in [0.29, 0.717) is 19.1 Å². The molecule has 0 aromatic heterocycles. The number of carbonyl (C=O) groups excluding carboxylic acids is 1. The molecule has 1 unspecified atom stereocenters. The molecule has 1 heterocycles. The lowest BCUT2D eigenvalue weighted by molar-refractivity contribution is -0.122. The maximum atomic E-state index is 12.0. The fraction of sp³-hybridized carbons (Fsp3) is 0.611. The fourth-order valence-electron chi connectivity index (χ4n) is 2.83. The van der Waals surface area contributed by atoms with Crippen LogP contribution in [0.15, 0.2) is 24.3 Å². The van der Waals surface area contributed by atoms with Gasteiger partial charge in [-0.1, -0.05) is 24.3 Å². The first-order chi connectivity index (χ1) is 11.6. The number of ether oxygens (including phenoxy) is 1. The minimum Gasteiger partial charge on any atom is -0.376 e. The van der Waals surface area contributed by atoms with Crippen LogP contribution >= 0.6 is 11.8 Å². The molecular weight excluding hydrogens is 322 g/mol. The molecule has 1 amide bonds. The Morgan fingerprint density at radius 1 is 1.50 bits per heavy atom. The van der Waals surface area contributed by atoms with Crippen molar-refractivity contribution in [3.05, 3.63) is 35.4 Å². The van der Waals surface area contributed by atoms with Crippen molar-refractivity contribution in [1.82, 2.24) is 10.2 Å². The van der Waals surface area contributed by atoms with Gasteiger partial charge in [-0.25, -0.2) is 0 Å². The Bertz CT molecular complexity index is 527. The highest BCUT2D eigenvalue weighted by atomic mass is 32.2. The van der Waals surface area contributed by atoms with Gasteiger partial charge in [0.25, 0.3) is 0 Å². The Balaban J connectivity index is 1.82. The minimum atomic E-state index is -0.421. The van der Waals surface area contributed by atoms with Crippen molar-refractivity contribution in [2.45, 2.75) is 38.6 Å². The van der Waals surface area contributed by atoms with E-state index in [1.807, 2.05) is 18.4 Å². The second kappa shape index (κ2) is 10.0. The molecule has 1 aliphatic rings. The standard InChI is InChI=1S/C18H29N3O2S/c1-14-12-21(7-8-23-14)13-16-5-3-4-15(10-16)11-20-18(22)17(19)6-9-24-2/h3-5,10,14,17H,6-9,11-13,19H2,1-2H3,(H,20,22)/t14?,17-/m0/s1. The van der Waals surface area contributed by atoms with Crippen LogP contribution in [0, 0.1) is 0 Å². The van der Waals surface area contributed by atoms with Crippen LogP contribution in [-0.4, -0.2) is 54.7 Å². The van der Waals surface area contributed by atoms with Crippen LogP contribution in [0.2, 0.25) is 0 Å². The van der Waals surface area contributed by atoms with Crippen LogP contribution in [0.3, 0.4) is 0 Å². The summed E-state index contributed by atoms with van der Waals surface area (Å²) in [5.74, 6) is 0.832. The van der Waals surface area contributed by atoms with E-state index < -0.39 is 6.04 Å². The Morgan fingerprint density at radius 3 is 3.04 bits per heavy atom. The van der Waals surface area contributed by atoms with Crippen molar-refractivity contribution >= 4 is 17.7 Å². The van der Waals surface area contributed by atoms with E-state index in [2.05, 4.69) is 29.3 Å². The summed E-state index contributed by atoms with van der Waals surface area (Å²) in [5.41, 5.74) is 8.27. The molecule has 2 atom stereocenters. The fourth-order valence-corrected chi connectivity index (χ4v) is 3.32. The van der Waals surface area contributed by atoms with Gasteiger partial charge in [-0.2, -0.15) is 11.8 Å². The van der Waals surface area contributed by atoms with E-state index in [1.54, 1.807) is 11.8 Å². The number of hydrogen-bond donors (Lipinski definition) is 2. The molecule has 134 valence electrons. The topological polar surface area (TPSA) is 67.6 Å². The van der Waals surface area contributed by atoms with Gasteiger partial charge in [0.15, 0.2) is 0 Å². The molecule has 3 N–H and O–H groups in total. The van der Waals surface area contributed by atoms with E-state index in [1.165, 1.54) is 5.56 Å². The number of rotatable bonds is 8. The van der Waals surface area contributed by atoms with Crippen molar-refractivity contribution in [2.24, 2.45) is 5.73 Å². The smallest absolute Gasteiger partial charge is 0.237 e. The summed E-state index contributed by atoms with van der Waals surface area (Å²) in [4.78, 5) is 14.4. The first-order valence-electron chi connectivity index (χ1n) is 8.52. The third kappa shape index (κ3) is 6.43. The van der Waals surface area contributed by atoms with Crippen LogP contribution in [0.5, 0.6) is 0 Å². The first-order valence-corrected chi connectivity index (χ1v) is 9.92. The monoisotopic (exact) mass is 351 g/mol. The van der Waals surface area contributed by atoms with E-state index in [-0.39, 0.29) is 5.91 Å². The summed E-state index contributed by atoms with van der Waals surface area (Å²) in [5, 5.41) is 2.94. The molecule has 24 heavy (non-hydrogen) atoms. The number of carbonyl (C=O) groups is 1. The van der Waals surface area contributed by atoms with Crippen LogP contribution in [0.4, 0.5) is 0 Å². The largest absolute Gasteiger partial charge is 0.376 e. The molecule has 1 fully saturated rings. The number of morpholine rings is 1. The van der Waals surface area contributed by atoms with E-state index >= 15 is 0 Å². The number of benzene rings is 1. The van der Waals surface area contributed by atoms with E-state index in [4.69, 9.17) is 10.5 Å². The van der Waals surface area contributed by atoms with Crippen LogP contribution < -0.4 is 11.1 Å². The summed E-state index contributed by atoms with van der Waals surface area (Å²) in [6.07, 6.45) is 3.03.